The normalized spacial score (nSPS) is 10.3. The Balaban J connectivity index is 2.05. The van der Waals surface area contributed by atoms with Crippen molar-refractivity contribution in [3.63, 3.8) is 0 Å². The van der Waals surface area contributed by atoms with Gasteiger partial charge in [0, 0.05) is 5.75 Å². The van der Waals surface area contributed by atoms with Gasteiger partial charge < -0.3 is 0 Å². The van der Waals surface area contributed by atoms with Crippen molar-refractivity contribution in [3.05, 3.63) is 18.0 Å². The fourth-order valence-corrected chi connectivity index (χ4v) is 2.67. The van der Waals surface area contributed by atoms with Gasteiger partial charge in [-0.15, -0.1) is 0 Å². The van der Waals surface area contributed by atoms with Crippen LogP contribution in [0.5, 0.6) is 0 Å². The number of hydrogen-bond acceptors (Lipinski definition) is 4. The lowest BCUT2D eigenvalue weighted by atomic mass is 10.2. The zero-order valence-electron chi connectivity index (χ0n) is 8.37. The van der Waals surface area contributed by atoms with Crippen LogP contribution < -0.4 is 0 Å². The number of aryl methyl sites for hydroxylation is 1. The van der Waals surface area contributed by atoms with E-state index >= 15 is 0 Å². The van der Waals surface area contributed by atoms with E-state index in [0.717, 1.165) is 34.8 Å². The molecule has 0 fully saturated rings. The minimum atomic E-state index is -1.58. The van der Waals surface area contributed by atoms with Crippen molar-refractivity contribution < 1.29 is 8.78 Å². The van der Waals surface area contributed by atoms with Gasteiger partial charge in [-0.25, -0.2) is 4.98 Å². The summed E-state index contributed by atoms with van der Waals surface area (Å²) in [6, 6.07) is 0. The first kappa shape index (κ1) is 12.6. The summed E-state index contributed by atoms with van der Waals surface area (Å²) < 4.78 is 28.3. The van der Waals surface area contributed by atoms with E-state index in [1.807, 2.05) is 6.92 Å². The van der Waals surface area contributed by atoms with Gasteiger partial charge in [0.15, 0.2) is 4.34 Å². The molecule has 0 aliphatic rings. The lowest BCUT2D eigenvalue weighted by Crippen LogP contribution is -1.80. The molecule has 15 heavy (non-hydrogen) atoms. The number of unbranched alkanes of at least 4 members (excludes halogenated alkanes) is 2. The number of halogens is 2. The molecule has 0 radical (unpaired) electrons. The van der Waals surface area contributed by atoms with E-state index in [2.05, 4.69) is 9.36 Å². The minimum absolute atomic E-state index is 0.456. The molecule has 0 N–H and O–H groups in total. The molecule has 0 aromatic carbocycles. The van der Waals surface area contributed by atoms with Gasteiger partial charge in [0.05, 0.1) is 0 Å². The highest BCUT2D eigenvalue weighted by molar-refractivity contribution is 8.00. The third kappa shape index (κ3) is 5.84. The molecule has 0 spiro atoms. The molecule has 1 aromatic rings. The Morgan fingerprint density at radius 3 is 2.87 bits per heavy atom. The standard InChI is InChI=1S/C9H12F2N2S2/c1-7-12-9(15-13-7)14-6-4-2-3-5-8(10)11/h5H,2-4,6H2,1H3. The van der Waals surface area contributed by atoms with Crippen LogP contribution in [0.2, 0.25) is 0 Å². The molecule has 0 bridgehead atoms. The van der Waals surface area contributed by atoms with Crippen LogP contribution in [0.3, 0.4) is 0 Å². The first-order chi connectivity index (χ1) is 7.18. The monoisotopic (exact) mass is 250 g/mol. The molecule has 1 heterocycles. The Hall–Kier alpha value is -0.490. The molecular formula is C9H12F2N2S2. The Labute approximate surface area is 96.0 Å². The largest absolute Gasteiger partial charge is 0.266 e. The molecule has 84 valence electrons. The number of nitrogens with zero attached hydrogens (tertiary/aromatic N) is 2. The van der Waals surface area contributed by atoms with Crippen molar-refractivity contribution in [2.75, 3.05) is 5.75 Å². The van der Waals surface area contributed by atoms with Crippen LogP contribution >= 0.6 is 23.3 Å². The highest BCUT2D eigenvalue weighted by atomic mass is 32.2. The Morgan fingerprint density at radius 1 is 1.47 bits per heavy atom. The van der Waals surface area contributed by atoms with Gasteiger partial charge in [-0.05, 0) is 43.8 Å². The second kappa shape index (κ2) is 6.90. The molecule has 0 saturated carbocycles. The maximum absolute atomic E-state index is 11.7. The van der Waals surface area contributed by atoms with Gasteiger partial charge in [-0.2, -0.15) is 13.2 Å². The summed E-state index contributed by atoms with van der Waals surface area (Å²) >= 11 is 3.02. The van der Waals surface area contributed by atoms with E-state index in [-0.39, 0.29) is 0 Å². The van der Waals surface area contributed by atoms with Crippen LogP contribution in [-0.2, 0) is 0 Å². The van der Waals surface area contributed by atoms with E-state index in [1.54, 1.807) is 11.8 Å². The Bertz CT molecular complexity index is 322. The van der Waals surface area contributed by atoms with Gasteiger partial charge in [-0.3, -0.25) is 0 Å². The fourth-order valence-electron chi connectivity index (χ4n) is 0.954. The van der Waals surface area contributed by atoms with E-state index in [4.69, 9.17) is 0 Å². The van der Waals surface area contributed by atoms with Crippen LogP contribution in [0.4, 0.5) is 8.78 Å². The average Bonchev–Trinajstić information content (AvgIpc) is 2.57. The molecular weight excluding hydrogens is 238 g/mol. The number of rotatable bonds is 6. The van der Waals surface area contributed by atoms with Crippen molar-refractivity contribution in [2.24, 2.45) is 0 Å². The van der Waals surface area contributed by atoms with Crippen molar-refractivity contribution in [3.8, 4) is 0 Å². The Morgan fingerprint density at radius 2 is 2.27 bits per heavy atom. The summed E-state index contributed by atoms with van der Waals surface area (Å²) in [6.45, 7) is 1.86. The van der Waals surface area contributed by atoms with Crippen molar-refractivity contribution >= 4 is 23.3 Å². The highest BCUT2D eigenvalue weighted by Crippen LogP contribution is 2.21. The SMILES string of the molecule is Cc1nsc(SCCCCC=C(F)F)n1. The Kier molecular flexibility index (Phi) is 5.78. The van der Waals surface area contributed by atoms with Crippen LogP contribution in [0.25, 0.3) is 0 Å². The minimum Gasteiger partial charge on any atom is -0.213 e. The predicted molar refractivity (Wildman–Crippen MR) is 59.5 cm³/mol. The highest BCUT2D eigenvalue weighted by Gasteiger charge is 1.99. The van der Waals surface area contributed by atoms with E-state index in [9.17, 15) is 8.78 Å². The average molecular weight is 250 g/mol. The van der Waals surface area contributed by atoms with Crippen molar-refractivity contribution in [1.82, 2.24) is 9.36 Å². The smallest absolute Gasteiger partial charge is 0.213 e. The summed E-state index contributed by atoms with van der Waals surface area (Å²) in [7, 11) is 0. The second-order valence-corrected chi connectivity index (χ2v) is 5.04. The third-order valence-electron chi connectivity index (χ3n) is 1.63. The molecule has 0 unspecified atom stereocenters. The molecule has 1 aromatic heterocycles. The first-order valence-corrected chi connectivity index (χ1v) is 6.38. The molecule has 2 nitrogen and oxygen atoms in total. The van der Waals surface area contributed by atoms with Gasteiger partial charge in [0.1, 0.15) is 5.82 Å². The molecule has 1 rings (SSSR count). The topological polar surface area (TPSA) is 25.8 Å². The van der Waals surface area contributed by atoms with Gasteiger partial charge in [-0.1, -0.05) is 11.8 Å². The molecule has 0 aliphatic carbocycles. The van der Waals surface area contributed by atoms with E-state index in [1.165, 1.54) is 11.5 Å². The molecule has 0 saturated heterocycles. The number of hydrogen-bond donors (Lipinski definition) is 0. The maximum atomic E-state index is 11.7. The number of allylic oxidation sites excluding steroid dienone is 1. The summed E-state index contributed by atoms with van der Waals surface area (Å²) in [6.07, 6.45) is 1.56. The van der Waals surface area contributed by atoms with Crippen LogP contribution in [0.1, 0.15) is 25.1 Å². The molecule has 6 heteroatoms. The maximum Gasteiger partial charge on any atom is 0.266 e. The summed E-state index contributed by atoms with van der Waals surface area (Å²) in [5.41, 5.74) is 0. The van der Waals surface area contributed by atoms with Crippen LogP contribution in [0, 0.1) is 6.92 Å². The van der Waals surface area contributed by atoms with Gasteiger partial charge in [0.2, 0.25) is 0 Å². The fraction of sp³-hybridized carbons (Fsp3) is 0.556. The summed E-state index contributed by atoms with van der Waals surface area (Å²) in [4.78, 5) is 4.20. The van der Waals surface area contributed by atoms with E-state index in [0.29, 0.717) is 6.42 Å². The van der Waals surface area contributed by atoms with Crippen molar-refractivity contribution in [2.45, 2.75) is 30.5 Å². The third-order valence-corrected chi connectivity index (χ3v) is 3.64. The number of aromatic nitrogens is 2. The van der Waals surface area contributed by atoms with Gasteiger partial charge in [0.25, 0.3) is 6.08 Å². The quantitative estimate of drug-likeness (QED) is 0.566. The lowest BCUT2D eigenvalue weighted by molar-refractivity contribution is 0.417. The number of thioether (sulfide) groups is 1. The zero-order valence-corrected chi connectivity index (χ0v) is 10.0. The second-order valence-electron chi connectivity index (χ2n) is 2.95. The summed E-state index contributed by atoms with van der Waals surface area (Å²) in [5.74, 6) is 1.71. The van der Waals surface area contributed by atoms with E-state index < -0.39 is 6.08 Å². The summed E-state index contributed by atoms with van der Waals surface area (Å²) in [5, 5.41) is 0. The van der Waals surface area contributed by atoms with Crippen molar-refractivity contribution in [1.29, 1.82) is 0 Å². The van der Waals surface area contributed by atoms with Crippen LogP contribution in [0.15, 0.2) is 16.5 Å². The van der Waals surface area contributed by atoms with Gasteiger partial charge >= 0.3 is 0 Å². The molecule has 0 atom stereocenters. The predicted octanol–water partition coefficient (Wildman–Crippen LogP) is 3.89. The molecule has 0 aliphatic heterocycles. The lowest BCUT2D eigenvalue weighted by Gasteiger charge is -1.95. The first-order valence-electron chi connectivity index (χ1n) is 4.63. The van der Waals surface area contributed by atoms with Crippen LogP contribution in [-0.4, -0.2) is 15.1 Å². The molecule has 0 amide bonds. The zero-order chi connectivity index (χ0) is 11.1.